The van der Waals surface area contributed by atoms with Crippen LogP contribution in [0.5, 0.6) is 5.75 Å². The van der Waals surface area contributed by atoms with Crippen LogP contribution in [0.1, 0.15) is 93.2 Å². The largest absolute Gasteiger partial charge is 0.432 e. The number of allylic oxidation sites excluding steroid dienone is 1. The van der Waals surface area contributed by atoms with Crippen LogP contribution in [0.4, 0.5) is 26.3 Å². The number of benzene rings is 2. The standard InChI is InChI=1S/C34H40F6O3/c1-21-19-41-33(42-20-21)25-7-5-22(6-8-25)26-12-16-29(31(36)17-26)23-9-13-27(14-10-23)34(39,40)43-28-15-11-24(30(35)18-28)3-2-4-32(37)38/h4,11-12,15-18,21-23,25,27,33H,2-3,5-10,13-14,19-20H2,1H3. The highest BCUT2D eigenvalue weighted by Crippen LogP contribution is 2.45. The molecule has 3 fully saturated rings. The molecule has 0 N–H and O–H groups in total. The molecule has 236 valence electrons. The average molecular weight is 611 g/mol. The van der Waals surface area contributed by atoms with Gasteiger partial charge in [0.25, 0.3) is 6.08 Å². The Balaban J connectivity index is 1.11. The molecular weight excluding hydrogens is 570 g/mol. The maximum Gasteiger partial charge on any atom is 0.400 e. The lowest BCUT2D eigenvalue weighted by Crippen LogP contribution is -2.37. The number of ether oxygens (including phenoxy) is 3. The smallest absolute Gasteiger partial charge is 0.400 e. The Hall–Kier alpha value is -2.52. The van der Waals surface area contributed by atoms with Gasteiger partial charge in [0, 0.05) is 17.9 Å². The highest BCUT2D eigenvalue weighted by molar-refractivity contribution is 5.31. The van der Waals surface area contributed by atoms with Crippen LogP contribution in [0.15, 0.2) is 48.6 Å². The number of hydrogen-bond donors (Lipinski definition) is 0. The molecule has 1 saturated heterocycles. The summed E-state index contributed by atoms with van der Waals surface area (Å²) >= 11 is 0. The van der Waals surface area contributed by atoms with E-state index >= 15 is 13.2 Å². The molecular formula is C34H40F6O3. The van der Waals surface area contributed by atoms with Crippen LogP contribution in [-0.4, -0.2) is 25.6 Å². The third kappa shape index (κ3) is 8.15. The minimum absolute atomic E-state index is 0.0211. The van der Waals surface area contributed by atoms with Gasteiger partial charge in [0.15, 0.2) is 6.29 Å². The number of rotatable bonds is 9. The van der Waals surface area contributed by atoms with E-state index < -0.39 is 23.9 Å². The fourth-order valence-corrected chi connectivity index (χ4v) is 6.85. The molecule has 0 aromatic heterocycles. The molecule has 2 aromatic rings. The van der Waals surface area contributed by atoms with Crippen molar-refractivity contribution in [3.8, 4) is 5.75 Å². The van der Waals surface area contributed by atoms with E-state index in [1.54, 1.807) is 6.07 Å². The van der Waals surface area contributed by atoms with Crippen LogP contribution in [0, 0.1) is 29.4 Å². The van der Waals surface area contributed by atoms with Crippen molar-refractivity contribution in [2.24, 2.45) is 17.8 Å². The molecule has 43 heavy (non-hydrogen) atoms. The highest BCUT2D eigenvalue weighted by atomic mass is 19.3. The number of aryl methyl sites for hydroxylation is 1. The Morgan fingerprint density at radius 1 is 0.860 bits per heavy atom. The van der Waals surface area contributed by atoms with Crippen molar-refractivity contribution in [1.29, 1.82) is 0 Å². The first-order valence-electron chi connectivity index (χ1n) is 15.5. The third-order valence-corrected chi connectivity index (χ3v) is 9.38. The van der Waals surface area contributed by atoms with Gasteiger partial charge in [-0.2, -0.15) is 17.6 Å². The molecule has 0 unspecified atom stereocenters. The molecule has 2 aliphatic carbocycles. The summed E-state index contributed by atoms with van der Waals surface area (Å²) in [4.78, 5) is 0. The predicted molar refractivity (Wildman–Crippen MR) is 151 cm³/mol. The Morgan fingerprint density at radius 2 is 1.53 bits per heavy atom. The van der Waals surface area contributed by atoms with Crippen molar-refractivity contribution in [2.75, 3.05) is 13.2 Å². The zero-order valence-electron chi connectivity index (χ0n) is 24.5. The van der Waals surface area contributed by atoms with Crippen molar-refractivity contribution in [3.05, 3.63) is 76.9 Å². The van der Waals surface area contributed by atoms with E-state index in [4.69, 9.17) is 14.2 Å². The summed E-state index contributed by atoms with van der Waals surface area (Å²) in [6.45, 7) is 3.56. The van der Waals surface area contributed by atoms with E-state index in [0.717, 1.165) is 50.5 Å². The first-order chi connectivity index (χ1) is 20.6. The minimum Gasteiger partial charge on any atom is -0.432 e. The van der Waals surface area contributed by atoms with Gasteiger partial charge < -0.3 is 14.2 Å². The summed E-state index contributed by atoms with van der Waals surface area (Å²) in [5.41, 5.74) is 1.70. The molecule has 1 heterocycles. The monoisotopic (exact) mass is 610 g/mol. The molecule has 0 radical (unpaired) electrons. The maximum absolute atomic E-state index is 15.3. The number of halogens is 6. The molecule has 0 amide bonds. The topological polar surface area (TPSA) is 27.7 Å². The van der Waals surface area contributed by atoms with Gasteiger partial charge >= 0.3 is 6.11 Å². The molecule has 3 aliphatic rings. The second-order valence-corrected chi connectivity index (χ2v) is 12.5. The molecule has 0 spiro atoms. The Bertz CT molecular complexity index is 1240. The first kappa shape index (κ1) is 31.9. The molecule has 9 heteroatoms. The zero-order chi connectivity index (χ0) is 30.6. The fraction of sp³-hybridized carbons (Fsp3) is 0.588. The quantitative estimate of drug-likeness (QED) is 0.265. The van der Waals surface area contributed by atoms with Crippen LogP contribution >= 0.6 is 0 Å². The fourth-order valence-electron chi connectivity index (χ4n) is 6.85. The van der Waals surface area contributed by atoms with E-state index in [1.807, 2.05) is 12.1 Å². The highest BCUT2D eigenvalue weighted by Gasteiger charge is 2.44. The van der Waals surface area contributed by atoms with Crippen molar-refractivity contribution < 1.29 is 40.6 Å². The predicted octanol–water partition coefficient (Wildman–Crippen LogP) is 9.91. The van der Waals surface area contributed by atoms with Gasteiger partial charge in [0.1, 0.15) is 17.4 Å². The molecule has 0 bridgehead atoms. The molecule has 0 atom stereocenters. The van der Waals surface area contributed by atoms with E-state index in [-0.39, 0.29) is 60.9 Å². The summed E-state index contributed by atoms with van der Waals surface area (Å²) in [5, 5.41) is 0. The Kier molecular flexibility index (Phi) is 10.4. The normalized spacial score (nSPS) is 28.3. The van der Waals surface area contributed by atoms with Gasteiger partial charge in [-0.3, -0.25) is 0 Å². The van der Waals surface area contributed by atoms with Gasteiger partial charge in [-0.1, -0.05) is 25.1 Å². The van der Waals surface area contributed by atoms with Gasteiger partial charge in [0.2, 0.25) is 0 Å². The maximum atomic E-state index is 15.3. The van der Waals surface area contributed by atoms with Crippen molar-refractivity contribution in [1.82, 2.24) is 0 Å². The number of hydrogen-bond acceptors (Lipinski definition) is 3. The van der Waals surface area contributed by atoms with Crippen molar-refractivity contribution >= 4 is 0 Å². The van der Waals surface area contributed by atoms with Crippen molar-refractivity contribution in [2.45, 2.75) is 95.4 Å². The second kappa shape index (κ2) is 14.1. The van der Waals surface area contributed by atoms with Crippen LogP contribution in [0.2, 0.25) is 0 Å². The zero-order valence-corrected chi connectivity index (χ0v) is 24.5. The summed E-state index contributed by atoms with van der Waals surface area (Å²) in [7, 11) is 0. The lowest BCUT2D eigenvalue weighted by atomic mass is 9.76. The molecule has 2 aromatic carbocycles. The van der Waals surface area contributed by atoms with E-state index in [0.29, 0.717) is 36.3 Å². The van der Waals surface area contributed by atoms with E-state index in [9.17, 15) is 13.2 Å². The lowest BCUT2D eigenvalue weighted by molar-refractivity contribution is -0.226. The molecule has 2 saturated carbocycles. The van der Waals surface area contributed by atoms with Crippen LogP contribution < -0.4 is 4.74 Å². The Labute approximate surface area is 249 Å². The minimum atomic E-state index is -3.52. The first-order valence-corrected chi connectivity index (χ1v) is 15.5. The number of alkyl halides is 2. The van der Waals surface area contributed by atoms with Gasteiger partial charge in [-0.05, 0) is 111 Å². The van der Waals surface area contributed by atoms with Crippen LogP contribution in [0.3, 0.4) is 0 Å². The SMILES string of the molecule is CC1COC(C2CCC(c3ccc(C4CCC(C(F)(F)Oc5ccc(CCC=C(F)F)c(F)c5)CC4)c(F)c3)CC2)OC1. The van der Waals surface area contributed by atoms with E-state index in [2.05, 4.69) is 6.92 Å². The van der Waals surface area contributed by atoms with Crippen LogP contribution in [-0.2, 0) is 15.9 Å². The second-order valence-electron chi connectivity index (χ2n) is 12.5. The lowest BCUT2D eigenvalue weighted by Gasteiger charge is -2.37. The molecule has 3 nitrogen and oxygen atoms in total. The third-order valence-electron chi connectivity index (χ3n) is 9.38. The van der Waals surface area contributed by atoms with E-state index in [1.165, 1.54) is 12.1 Å². The summed E-state index contributed by atoms with van der Waals surface area (Å²) in [6, 6.07) is 8.82. The van der Waals surface area contributed by atoms with Gasteiger partial charge in [-0.15, -0.1) is 0 Å². The van der Waals surface area contributed by atoms with Gasteiger partial charge in [-0.25, -0.2) is 8.78 Å². The molecule has 5 rings (SSSR count). The summed E-state index contributed by atoms with van der Waals surface area (Å²) in [6.07, 6.45) is 0.0826. The summed E-state index contributed by atoms with van der Waals surface area (Å²) in [5.74, 6) is -1.54. The average Bonchev–Trinajstić information content (AvgIpc) is 2.98. The summed E-state index contributed by atoms with van der Waals surface area (Å²) < 4.78 is 101. The van der Waals surface area contributed by atoms with Crippen molar-refractivity contribution in [3.63, 3.8) is 0 Å². The van der Waals surface area contributed by atoms with Crippen LogP contribution in [0.25, 0.3) is 0 Å². The molecule has 1 aliphatic heterocycles. The van der Waals surface area contributed by atoms with Gasteiger partial charge in [0.05, 0.1) is 19.1 Å². The Morgan fingerprint density at radius 3 is 2.16 bits per heavy atom.